The highest BCUT2D eigenvalue weighted by Gasteiger charge is 2.49. The predicted molar refractivity (Wildman–Crippen MR) is 67.9 cm³/mol. The summed E-state index contributed by atoms with van der Waals surface area (Å²) in [6.07, 6.45) is 8.28. The molecule has 1 aliphatic carbocycles. The van der Waals surface area contributed by atoms with Crippen molar-refractivity contribution >= 4 is 5.96 Å². The predicted octanol–water partition coefficient (Wildman–Crippen LogP) is 1.40. The smallest absolute Gasteiger partial charge is 0.188 e. The lowest BCUT2D eigenvalue weighted by molar-refractivity contribution is 0.0706. The molecule has 96 valence electrons. The van der Waals surface area contributed by atoms with Crippen molar-refractivity contribution in [2.24, 2.45) is 16.1 Å². The lowest BCUT2D eigenvalue weighted by Gasteiger charge is -2.30. The number of nitrogens with zero attached hydrogens (tertiary/aromatic N) is 1. The standard InChI is InChI=1S/C13H23N3O/c1-13(7-10-5-6-11(13)17-10)8-15-12(14)16-9-3-2-4-9/h9-11H,2-8H2,1H3,(H3,14,15,16). The molecule has 3 atom stereocenters. The summed E-state index contributed by atoms with van der Waals surface area (Å²) in [7, 11) is 0. The van der Waals surface area contributed by atoms with E-state index < -0.39 is 0 Å². The van der Waals surface area contributed by atoms with Crippen molar-refractivity contribution in [1.82, 2.24) is 5.32 Å². The Labute approximate surface area is 103 Å². The molecule has 0 aromatic carbocycles. The highest BCUT2D eigenvalue weighted by Crippen LogP contribution is 2.47. The Hall–Kier alpha value is -0.770. The highest BCUT2D eigenvalue weighted by molar-refractivity contribution is 5.78. The number of fused-ring (bicyclic) bond motifs is 2. The average Bonchev–Trinajstić information content (AvgIpc) is 2.80. The second kappa shape index (κ2) is 4.16. The largest absolute Gasteiger partial charge is 0.374 e. The van der Waals surface area contributed by atoms with E-state index in [1.165, 1.54) is 32.1 Å². The summed E-state index contributed by atoms with van der Waals surface area (Å²) >= 11 is 0. The van der Waals surface area contributed by atoms with Crippen molar-refractivity contribution in [1.29, 1.82) is 0 Å². The van der Waals surface area contributed by atoms with E-state index in [2.05, 4.69) is 17.2 Å². The zero-order valence-electron chi connectivity index (χ0n) is 10.6. The Morgan fingerprint density at radius 3 is 2.76 bits per heavy atom. The summed E-state index contributed by atoms with van der Waals surface area (Å²) < 4.78 is 5.90. The molecule has 2 heterocycles. The minimum absolute atomic E-state index is 0.217. The van der Waals surface area contributed by atoms with Crippen LogP contribution in [0.1, 0.15) is 45.4 Å². The molecular formula is C13H23N3O. The summed E-state index contributed by atoms with van der Waals surface area (Å²) in [5, 5.41) is 3.29. The molecule has 0 spiro atoms. The molecule has 4 heteroatoms. The first-order valence-corrected chi connectivity index (χ1v) is 6.88. The maximum absolute atomic E-state index is 5.92. The lowest BCUT2D eigenvalue weighted by atomic mass is 9.76. The molecule has 0 amide bonds. The van der Waals surface area contributed by atoms with Crippen LogP contribution in [0.5, 0.6) is 0 Å². The highest BCUT2D eigenvalue weighted by atomic mass is 16.5. The Balaban J connectivity index is 1.54. The van der Waals surface area contributed by atoms with Gasteiger partial charge in [-0.15, -0.1) is 0 Å². The van der Waals surface area contributed by atoms with E-state index in [1.54, 1.807) is 0 Å². The van der Waals surface area contributed by atoms with Gasteiger partial charge in [0, 0.05) is 11.5 Å². The zero-order chi connectivity index (χ0) is 11.9. The van der Waals surface area contributed by atoms with Crippen molar-refractivity contribution in [2.75, 3.05) is 6.54 Å². The first-order valence-electron chi connectivity index (χ1n) is 6.88. The summed E-state index contributed by atoms with van der Waals surface area (Å²) in [6, 6.07) is 0.572. The molecule has 2 saturated heterocycles. The lowest BCUT2D eigenvalue weighted by Crippen LogP contribution is -2.44. The number of hydrogen-bond donors (Lipinski definition) is 2. The van der Waals surface area contributed by atoms with Gasteiger partial charge < -0.3 is 15.8 Å². The van der Waals surface area contributed by atoms with Crippen LogP contribution < -0.4 is 11.1 Å². The molecule has 3 unspecified atom stereocenters. The molecule has 0 aromatic heterocycles. The number of hydrogen-bond acceptors (Lipinski definition) is 2. The first kappa shape index (κ1) is 11.3. The van der Waals surface area contributed by atoms with Crippen molar-refractivity contribution in [2.45, 2.75) is 63.7 Å². The van der Waals surface area contributed by atoms with Crippen molar-refractivity contribution in [3.63, 3.8) is 0 Å². The van der Waals surface area contributed by atoms with Crippen LogP contribution in [0.2, 0.25) is 0 Å². The molecular weight excluding hydrogens is 214 g/mol. The Morgan fingerprint density at radius 1 is 1.41 bits per heavy atom. The van der Waals surface area contributed by atoms with E-state index in [1.807, 2.05) is 0 Å². The number of nitrogens with two attached hydrogens (primary N) is 1. The minimum atomic E-state index is 0.217. The monoisotopic (exact) mass is 237 g/mol. The molecule has 1 saturated carbocycles. The van der Waals surface area contributed by atoms with Gasteiger partial charge in [0.15, 0.2) is 5.96 Å². The van der Waals surface area contributed by atoms with E-state index in [9.17, 15) is 0 Å². The molecule has 3 fully saturated rings. The molecule has 0 radical (unpaired) electrons. The van der Waals surface area contributed by atoms with E-state index in [4.69, 9.17) is 10.5 Å². The molecule has 17 heavy (non-hydrogen) atoms. The molecule has 3 aliphatic rings. The van der Waals surface area contributed by atoms with Crippen LogP contribution in [0.4, 0.5) is 0 Å². The van der Waals surface area contributed by atoms with E-state index in [-0.39, 0.29) is 5.41 Å². The number of aliphatic imine (C=N–C) groups is 1. The van der Waals surface area contributed by atoms with Crippen LogP contribution in [-0.4, -0.2) is 30.8 Å². The van der Waals surface area contributed by atoms with Crippen LogP contribution in [0.3, 0.4) is 0 Å². The molecule has 3 N–H and O–H groups in total. The fraction of sp³-hybridized carbons (Fsp3) is 0.923. The maximum Gasteiger partial charge on any atom is 0.188 e. The fourth-order valence-electron chi connectivity index (χ4n) is 3.26. The maximum atomic E-state index is 5.92. The summed E-state index contributed by atoms with van der Waals surface area (Å²) in [6.45, 7) is 3.09. The van der Waals surface area contributed by atoms with Gasteiger partial charge in [-0.05, 0) is 38.5 Å². The Morgan fingerprint density at radius 2 is 2.24 bits per heavy atom. The number of rotatable bonds is 3. The van der Waals surface area contributed by atoms with Crippen molar-refractivity contribution in [3.8, 4) is 0 Å². The summed E-state index contributed by atoms with van der Waals surface area (Å²) in [5.41, 5.74) is 6.13. The van der Waals surface area contributed by atoms with Gasteiger partial charge in [0.2, 0.25) is 0 Å². The van der Waals surface area contributed by atoms with E-state index >= 15 is 0 Å². The quantitative estimate of drug-likeness (QED) is 0.576. The first-order chi connectivity index (χ1) is 8.16. The summed E-state index contributed by atoms with van der Waals surface area (Å²) in [4.78, 5) is 4.52. The van der Waals surface area contributed by atoms with Crippen LogP contribution in [0.15, 0.2) is 4.99 Å². The number of ether oxygens (including phenoxy) is 1. The van der Waals surface area contributed by atoms with Crippen LogP contribution in [0, 0.1) is 5.41 Å². The van der Waals surface area contributed by atoms with Gasteiger partial charge in [-0.1, -0.05) is 6.92 Å². The fourth-order valence-corrected chi connectivity index (χ4v) is 3.26. The minimum Gasteiger partial charge on any atom is -0.374 e. The van der Waals surface area contributed by atoms with Gasteiger partial charge in [-0.3, -0.25) is 4.99 Å². The molecule has 2 bridgehead atoms. The average molecular weight is 237 g/mol. The molecule has 4 nitrogen and oxygen atoms in total. The van der Waals surface area contributed by atoms with Crippen LogP contribution in [0.25, 0.3) is 0 Å². The van der Waals surface area contributed by atoms with Crippen molar-refractivity contribution < 1.29 is 4.74 Å². The number of nitrogens with one attached hydrogen (secondary N) is 1. The third kappa shape index (κ3) is 2.15. The van der Waals surface area contributed by atoms with Gasteiger partial charge >= 0.3 is 0 Å². The van der Waals surface area contributed by atoms with Crippen LogP contribution in [-0.2, 0) is 4.74 Å². The zero-order valence-corrected chi connectivity index (χ0v) is 10.6. The summed E-state index contributed by atoms with van der Waals surface area (Å²) in [5.74, 6) is 0.624. The number of guanidine groups is 1. The van der Waals surface area contributed by atoms with Gasteiger partial charge in [-0.25, -0.2) is 0 Å². The second-order valence-corrected chi connectivity index (χ2v) is 6.16. The van der Waals surface area contributed by atoms with Gasteiger partial charge in [0.1, 0.15) is 0 Å². The van der Waals surface area contributed by atoms with Gasteiger partial charge in [0.05, 0.1) is 18.8 Å². The molecule has 2 aliphatic heterocycles. The van der Waals surface area contributed by atoms with E-state index in [0.717, 1.165) is 13.0 Å². The van der Waals surface area contributed by atoms with Gasteiger partial charge in [0.25, 0.3) is 0 Å². The van der Waals surface area contributed by atoms with Crippen molar-refractivity contribution in [3.05, 3.63) is 0 Å². The normalized spacial score (nSPS) is 41.6. The van der Waals surface area contributed by atoms with Gasteiger partial charge in [-0.2, -0.15) is 0 Å². The second-order valence-electron chi connectivity index (χ2n) is 6.16. The Kier molecular flexibility index (Phi) is 2.77. The van der Waals surface area contributed by atoms with Crippen LogP contribution >= 0.6 is 0 Å². The van der Waals surface area contributed by atoms with E-state index in [0.29, 0.717) is 24.2 Å². The third-order valence-electron chi connectivity index (χ3n) is 4.65. The Bertz CT molecular complexity index is 327. The SMILES string of the molecule is CC1(CN=C(N)NC2CCC2)CC2CCC1O2. The molecule has 0 aromatic rings. The topological polar surface area (TPSA) is 59.6 Å². The third-order valence-corrected chi connectivity index (χ3v) is 4.65. The molecule has 3 rings (SSSR count).